The molecule has 4 aromatic rings. The van der Waals surface area contributed by atoms with E-state index in [0.29, 0.717) is 5.69 Å². The average molecular weight is 485 g/mol. The molecule has 34 heavy (non-hydrogen) atoms. The monoisotopic (exact) mass is 484 g/mol. The van der Waals surface area contributed by atoms with E-state index >= 15 is 0 Å². The van der Waals surface area contributed by atoms with Gasteiger partial charge in [-0.2, -0.15) is 18.4 Å². The zero-order chi connectivity index (χ0) is 24.6. The quantitative estimate of drug-likeness (QED) is 0.343. The number of fused-ring (bicyclic) bond motifs is 1. The molecule has 0 unspecified atom stereocenters. The highest BCUT2D eigenvalue weighted by Crippen LogP contribution is 2.37. The summed E-state index contributed by atoms with van der Waals surface area (Å²) in [5.41, 5.74) is -0.748. The zero-order valence-corrected chi connectivity index (χ0v) is 18.6. The van der Waals surface area contributed by atoms with Crippen LogP contribution in [0.25, 0.3) is 22.4 Å². The molecule has 0 amide bonds. The fourth-order valence-corrected chi connectivity index (χ4v) is 3.74. The topological polar surface area (TPSA) is 91.8 Å². The molecule has 0 aliphatic rings. The fourth-order valence-electron chi connectivity index (χ4n) is 3.59. The number of anilines is 1. The first-order chi connectivity index (χ1) is 16.1. The minimum atomic E-state index is -4.69. The Labute approximate surface area is 196 Å². The van der Waals surface area contributed by atoms with Gasteiger partial charge in [-0.3, -0.25) is 9.78 Å². The molecule has 4 rings (SSSR count). The van der Waals surface area contributed by atoms with Gasteiger partial charge in [-0.05, 0) is 50.2 Å². The van der Waals surface area contributed by atoms with Gasteiger partial charge in [0.1, 0.15) is 22.5 Å². The van der Waals surface area contributed by atoms with Crippen molar-refractivity contribution < 1.29 is 17.6 Å². The predicted octanol–water partition coefficient (Wildman–Crippen LogP) is 6.28. The van der Waals surface area contributed by atoms with Gasteiger partial charge in [0, 0.05) is 17.3 Å². The summed E-state index contributed by atoms with van der Waals surface area (Å²) in [6.07, 6.45) is -3.17. The van der Waals surface area contributed by atoms with E-state index in [0.717, 1.165) is 12.1 Å². The van der Waals surface area contributed by atoms with Crippen LogP contribution in [0.4, 0.5) is 18.9 Å². The highest BCUT2D eigenvalue weighted by Gasteiger charge is 2.33. The number of nitrogens with one attached hydrogen (secondary N) is 1. The van der Waals surface area contributed by atoms with Crippen molar-refractivity contribution in [2.45, 2.75) is 26.1 Å². The maximum atomic E-state index is 13.7. The van der Waals surface area contributed by atoms with Crippen molar-refractivity contribution >= 4 is 28.3 Å². The number of halogens is 4. The summed E-state index contributed by atoms with van der Waals surface area (Å²) >= 11 is 5.84. The Morgan fingerprint density at radius 3 is 2.62 bits per heavy atom. The number of nitriles is 1. The Kier molecular flexibility index (Phi) is 6.02. The summed E-state index contributed by atoms with van der Waals surface area (Å²) in [6, 6.07) is 10.8. The van der Waals surface area contributed by atoms with Crippen molar-refractivity contribution in [2.24, 2.45) is 0 Å². The van der Waals surface area contributed by atoms with Crippen LogP contribution in [0.3, 0.4) is 0 Å². The van der Waals surface area contributed by atoms with Crippen LogP contribution in [0.2, 0.25) is 5.15 Å². The lowest BCUT2D eigenvalue weighted by Crippen LogP contribution is -2.15. The van der Waals surface area contributed by atoms with Crippen molar-refractivity contribution in [3.05, 3.63) is 86.4 Å². The lowest BCUT2D eigenvalue weighted by atomic mass is 9.98. The summed E-state index contributed by atoms with van der Waals surface area (Å²) in [5.74, 6) is 0.164. The van der Waals surface area contributed by atoms with Crippen molar-refractivity contribution in [1.82, 2.24) is 9.97 Å². The summed E-state index contributed by atoms with van der Waals surface area (Å²) in [4.78, 5) is 21.2. The normalized spacial score (nSPS) is 12.4. The number of hydrogen-bond donors (Lipinski definition) is 1. The van der Waals surface area contributed by atoms with E-state index in [9.17, 15) is 23.2 Å². The van der Waals surface area contributed by atoms with Gasteiger partial charge in [0.05, 0.1) is 22.7 Å². The first-order valence-electron chi connectivity index (χ1n) is 10.0. The van der Waals surface area contributed by atoms with E-state index in [4.69, 9.17) is 16.0 Å². The van der Waals surface area contributed by atoms with Crippen LogP contribution in [-0.4, -0.2) is 9.97 Å². The Balaban J connectivity index is 1.96. The number of benzene rings is 1. The van der Waals surface area contributed by atoms with Gasteiger partial charge >= 0.3 is 6.18 Å². The first-order valence-corrected chi connectivity index (χ1v) is 10.4. The third-order valence-electron chi connectivity index (χ3n) is 5.28. The molecule has 0 saturated heterocycles. The molecule has 0 spiro atoms. The Morgan fingerprint density at radius 2 is 1.97 bits per heavy atom. The van der Waals surface area contributed by atoms with Gasteiger partial charge in [-0.15, -0.1) is 0 Å². The minimum Gasteiger partial charge on any atom is -0.454 e. The number of alkyl halides is 3. The van der Waals surface area contributed by atoms with Crippen molar-refractivity contribution in [3.63, 3.8) is 0 Å². The Hall–Kier alpha value is -3.90. The third-order valence-corrected chi connectivity index (χ3v) is 5.49. The fraction of sp³-hybridized carbons (Fsp3) is 0.167. The van der Waals surface area contributed by atoms with Crippen LogP contribution in [0.1, 0.15) is 35.3 Å². The van der Waals surface area contributed by atoms with Gasteiger partial charge in [0.25, 0.3) is 0 Å². The van der Waals surface area contributed by atoms with E-state index in [1.165, 1.54) is 25.3 Å². The van der Waals surface area contributed by atoms with E-state index in [1.54, 1.807) is 25.1 Å². The van der Waals surface area contributed by atoms with Gasteiger partial charge in [-0.1, -0.05) is 17.7 Å². The number of aromatic nitrogens is 2. The molecule has 172 valence electrons. The van der Waals surface area contributed by atoms with E-state index in [-0.39, 0.29) is 44.4 Å². The second kappa shape index (κ2) is 8.80. The Morgan fingerprint density at radius 1 is 1.21 bits per heavy atom. The second-order valence-corrected chi connectivity index (χ2v) is 7.94. The SMILES string of the molecule is Cc1c(-c2ccccn2)oc2c([C@@H](C)Nc3ccc(Cl)nc3C#N)cc(C(F)(F)F)cc2c1=O. The van der Waals surface area contributed by atoms with Gasteiger partial charge < -0.3 is 9.73 Å². The molecule has 0 aliphatic heterocycles. The van der Waals surface area contributed by atoms with E-state index < -0.39 is 23.2 Å². The molecule has 3 heterocycles. The van der Waals surface area contributed by atoms with Crippen LogP contribution < -0.4 is 10.7 Å². The lowest BCUT2D eigenvalue weighted by molar-refractivity contribution is -0.137. The van der Waals surface area contributed by atoms with Crippen molar-refractivity contribution in [3.8, 4) is 17.5 Å². The molecule has 0 aliphatic carbocycles. The molecule has 0 fully saturated rings. The summed E-state index contributed by atoms with van der Waals surface area (Å²) in [5, 5.41) is 12.2. The molecule has 1 aromatic carbocycles. The maximum Gasteiger partial charge on any atom is 0.416 e. The number of nitrogens with zero attached hydrogens (tertiary/aromatic N) is 3. The standard InChI is InChI=1S/C24H16ClF3N4O2/c1-12-21(33)16-10-14(24(26,27)28)9-15(23(16)34-22(12)18-5-3-4-8-30-18)13(2)31-17-6-7-20(25)32-19(17)11-29/h3-10,13,31H,1-2H3/t13-/m1/s1. The van der Waals surface area contributed by atoms with E-state index in [2.05, 4.69) is 15.3 Å². The van der Waals surface area contributed by atoms with Crippen molar-refractivity contribution in [1.29, 1.82) is 5.26 Å². The summed E-state index contributed by atoms with van der Waals surface area (Å²) in [6.45, 7) is 3.07. The molecule has 3 aromatic heterocycles. The molecular formula is C24H16ClF3N4O2. The first kappa shape index (κ1) is 23.3. The molecule has 1 atom stereocenters. The number of hydrogen-bond acceptors (Lipinski definition) is 6. The van der Waals surface area contributed by atoms with Crippen LogP contribution >= 0.6 is 11.6 Å². The molecule has 0 radical (unpaired) electrons. The smallest absolute Gasteiger partial charge is 0.416 e. The van der Waals surface area contributed by atoms with Crippen molar-refractivity contribution in [2.75, 3.05) is 5.32 Å². The predicted molar refractivity (Wildman–Crippen MR) is 121 cm³/mol. The summed E-state index contributed by atoms with van der Waals surface area (Å²) < 4.78 is 47.1. The number of rotatable bonds is 4. The third kappa shape index (κ3) is 4.32. The largest absolute Gasteiger partial charge is 0.454 e. The summed E-state index contributed by atoms with van der Waals surface area (Å²) in [7, 11) is 0. The molecule has 10 heteroatoms. The number of pyridine rings is 2. The molecule has 0 saturated carbocycles. The van der Waals surface area contributed by atoms with Gasteiger partial charge in [-0.25, -0.2) is 4.98 Å². The second-order valence-electron chi connectivity index (χ2n) is 7.55. The molecule has 0 bridgehead atoms. The van der Waals surface area contributed by atoms with Crippen LogP contribution in [0.5, 0.6) is 0 Å². The van der Waals surface area contributed by atoms with Crippen LogP contribution in [-0.2, 0) is 6.18 Å². The molecule has 1 N–H and O–H groups in total. The minimum absolute atomic E-state index is 0.00955. The van der Waals surface area contributed by atoms with E-state index in [1.807, 2.05) is 6.07 Å². The highest BCUT2D eigenvalue weighted by atomic mass is 35.5. The van der Waals surface area contributed by atoms with Gasteiger partial charge in [0.15, 0.2) is 16.9 Å². The zero-order valence-electron chi connectivity index (χ0n) is 17.9. The van der Waals surface area contributed by atoms with Crippen LogP contribution in [0.15, 0.2) is 57.9 Å². The maximum absolute atomic E-state index is 13.7. The lowest BCUT2D eigenvalue weighted by Gasteiger charge is -2.20. The Bertz CT molecular complexity index is 1500. The average Bonchev–Trinajstić information content (AvgIpc) is 2.81. The molecule has 6 nitrogen and oxygen atoms in total. The van der Waals surface area contributed by atoms with Crippen LogP contribution in [0, 0.1) is 18.3 Å². The highest BCUT2D eigenvalue weighted by molar-refractivity contribution is 6.29. The molecular weight excluding hydrogens is 469 g/mol. The van der Waals surface area contributed by atoms with Gasteiger partial charge in [0.2, 0.25) is 0 Å².